The van der Waals surface area contributed by atoms with E-state index in [-0.39, 0.29) is 11.4 Å². The summed E-state index contributed by atoms with van der Waals surface area (Å²) < 4.78 is 27.3. The Morgan fingerprint density at radius 2 is 1.61 bits per heavy atom. The van der Waals surface area contributed by atoms with Crippen LogP contribution in [-0.4, -0.2) is 17.0 Å². The molecule has 1 amide bonds. The van der Waals surface area contributed by atoms with E-state index in [1.807, 2.05) is 0 Å². The van der Waals surface area contributed by atoms with Crippen molar-refractivity contribution in [3.63, 3.8) is 0 Å². The normalized spacial score (nSPS) is 10.8. The van der Waals surface area contributed by atoms with Crippen molar-refractivity contribution < 1.29 is 23.5 Å². The third kappa shape index (κ3) is 4.67. The van der Waals surface area contributed by atoms with E-state index in [9.17, 15) is 18.4 Å². The van der Waals surface area contributed by atoms with E-state index < -0.39 is 17.7 Å². The number of anilines is 1. The molecule has 28 heavy (non-hydrogen) atoms. The molecule has 0 bridgehead atoms. The van der Waals surface area contributed by atoms with Gasteiger partial charge in [0.05, 0.1) is 5.56 Å². The summed E-state index contributed by atoms with van der Waals surface area (Å²) >= 11 is 0. The standard InChI is InChI=1S/C22H15F2NO3/c23-17-8-5-15(6-9-17)16-7-10-20(24)19(13-16)22(28)25-18-3-1-2-14(12-18)4-11-21(26)27/h1-13H,(H,25,28)(H,26,27). The fourth-order valence-electron chi connectivity index (χ4n) is 2.61. The van der Waals surface area contributed by atoms with Gasteiger partial charge in [0, 0.05) is 11.8 Å². The molecule has 0 aliphatic heterocycles. The third-order valence-corrected chi connectivity index (χ3v) is 3.95. The van der Waals surface area contributed by atoms with Gasteiger partial charge in [-0.15, -0.1) is 0 Å². The van der Waals surface area contributed by atoms with E-state index in [4.69, 9.17) is 5.11 Å². The van der Waals surface area contributed by atoms with E-state index >= 15 is 0 Å². The van der Waals surface area contributed by atoms with Gasteiger partial charge in [0.25, 0.3) is 5.91 Å². The number of carboxylic acids is 1. The van der Waals surface area contributed by atoms with Crippen molar-refractivity contribution in [2.24, 2.45) is 0 Å². The summed E-state index contributed by atoms with van der Waals surface area (Å²) in [5.74, 6) is -2.82. The predicted molar refractivity (Wildman–Crippen MR) is 103 cm³/mol. The summed E-state index contributed by atoms with van der Waals surface area (Å²) in [7, 11) is 0. The lowest BCUT2D eigenvalue weighted by molar-refractivity contribution is -0.131. The molecule has 0 heterocycles. The maximum Gasteiger partial charge on any atom is 0.328 e. The zero-order valence-electron chi connectivity index (χ0n) is 14.5. The summed E-state index contributed by atoms with van der Waals surface area (Å²) in [5, 5.41) is 11.3. The summed E-state index contributed by atoms with van der Waals surface area (Å²) in [6, 6.07) is 16.2. The molecule has 0 aliphatic carbocycles. The molecule has 2 N–H and O–H groups in total. The van der Waals surface area contributed by atoms with Crippen LogP contribution in [0, 0.1) is 11.6 Å². The summed E-state index contributed by atoms with van der Waals surface area (Å²) in [4.78, 5) is 23.1. The van der Waals surface area contributed by atoms with Gasteiger partial charge in [-0.3, -0.25) is 4.79 Å². The molecular weight excluding hydrogens is 364 g/mol. The van der Waals surface area contributed by atoms with Crippen molar-refractivity contribution in [2.45, 2.75) is 0 Å². The van der Waals surface area contributed by atoms with Gasteiger partial charge < -0.3 is 10.4 Å². The topological polar surface area (TPSA) is 66.4 Å². The van der Waals surface area contributed by atoms with Gasteiger partial charge in [-0.2, -0.15) is 0 Å². The molecule has 140 valence electrons. The SMILES string of the molecule is O=C(O)C=Cc1cccc(NC(=O)c2cc(-c3ccc(F)cc3)ccc2F)c1. The Morgan fingerprint density at radius 1 is 0.893 bits per heavy atom. The molecule has 0 spiro atoms. The quantitative estimate of drug-likeness (QED) is 0.615. The average Bonchev–Trinajstić information content (AvgIpc) is 2.68. The number of carboxylic acid groups (broad SMARTS) is 1. The van der Waals surface area contributed by atoms with Crippen molar-refractivity contribution in [1.29, 1.82) is 0 Å². The third-order valence-electron chi connectivity index (χ3n) is 3.95. The fourth-order valence-corrected chi connectivity index (χ4v) is 2.61. The minimum atomic E-state index is -1.09. The molecule has 4 nitrogen and oxygen atoms in total. The van der Waals surface area contributed by atoms with Crippen LogP contribution in [0.5, 0.6) is 0 Å². The number of halogens is 2. The number of nitrogens with one attached hydrogen (secondary N) is 1. The first kappa shape index (κ1) is 19.0. The maximum atomic E-state index is 14.2. The smallest absolute Gasteiger partial charge is 0.328 e. The van der Waals surface area contributed by atoms with Crippen molar-refractivity contribution in [3.05, 3.63) is 95.6 Å². The fraction of sp³-hybridized carbons (Fsp3) is 0. The van der Waals surface area contributed by atoms with Crippen LogP contribution >= 0.6 is 0 Å². The van der Waals surface area contributed by atoms with Crippen LogP contribution in [0.2, 0.25) is 0 Å². The van der Waals surface area contributed by atoms with Gasteiger partial charge in [0.1, 0.15) is 11.6 Å². The summed E-state index contributed by atoms with van der Waals surface area (Å²) in [5.41, 5.74) is 2.03. The Morgan fingerprint density at radius 3 is 2.32 bits per heavy atom. The first-order valence-electron chi connectivity index (χ1n) is 8.30. The first-order valence-corrected chi connectivity index (χ1v) is 8.30. The second-order valence-corrected chi connectivity index (χ2v) is 5.95. The van der Waals surface area contributed by atoms with Crippen LogP contribution in [0.3, 0.4) is 0 Å². The lowest BCUT2D eigenvalue weighted by atomic mass is 10.0. The molecule has 3 aromatic carbocycles. The summed E-state index contributed by atoms with van der Waals surface area (Å²) in [6.07, 6.45) is 2.36. The van der Waals surface area contributed by atoms with Crippen LogP contribution in [0.4, 0.5) is 14.5 Å². The minimum absolute atomic E-state index is 0.159. The number of amides is 1. The highest BCUT2D eigenvalue weighted by Gasteiger charge is 2.14. The molecule has 0 aromatic heterocycles. The molecule has 0 aliphatic rings. The van der Waals surface area contributed by atoms with Gasteiger partial charge in [0.15, 0.2) is 0 Å². The zero-order chi connectivity index (χ0) is 20.1. The van der Waals surface area contributed by atoms with E-state index in [1.54, 1.807) is 36.4 Å². The van der Waals surface area contributed by atoms with Crippen LogP contribution in [0.15, 0.2) is 72.8 Å². The Bertz CT molecular complexity index is 1060. The molecule has 3 aromatic rings. The lowest BCUT2D eigenvalue weighted by Crippen LogP contribution is -2.14. The molecule has 0 radical (unpaired) electrons. The van der Waals surface area contributed by atoms with E-state index in [0.29, 0.717) is 22.4 Å². The zero-order valence-corrected chi connectivity index (χ0v) is 14.5. The molecular formula is C22H15F2NO3. The maximum absolute atomic E-state index is 14.2. The molecule has 0 saturated heterocycles. The number of hydrogen-bond acceptors (Lipinski definition) is 2. The van der Waals surface area contributed by atoms with Crippen molar-refractivity contribution in [2.75, 3.05) is 5.32 Å². The van der Waals surface area contributed by atoms with Crippen molar-refractivity contribution in [3.8, 4) is 11.1 Å². The molecule has 0 unspecified atom stereocenters. The van der Waals surface area contributed by atoms with Crippen LogP contribution in [-0.2, 0) is 4.79 Å². The summed E-state index contributed by atoms with van der Waals surface area (Å²) in [6.45, 7) is 0. The van der Waals surface area contributed by atoms with Gasteiger partial charge >= 0.3 is 5.97 Å². The van der Waals surface area contributed by atoms with E-state index in [1.165, 1.54) is 36.4 Å². The molecule has 0 saturated carbocycles. The van der Waals surface area contributed by atoms with E-state index in [0.717, 1.165) is 6.08 Å². The number of benzene rings is 3. The largest absolute Gasteiger partial charge is 0.478 e. The van der Waals surface area contributed by atoms with Crippen LogP contribution < -0.4 is 5.32 Å². The van der Waals surface area contributed by atoms with Gasteiger partial charge in [-0.25, -0.2) is 13.6 Å². The highest BCUT2D eigenvalue weighted by Crippen LogP contribution is 2.23. The Balaban J connectivity index is 1.84. The number of rotatable bonds is 5. The average molecular weight is 379 g/mol. The molecule has 6 heteroatoms. The molecule has 3 rings (SSSR count). The number of aliphatic carboxylic acids is 1. The minimum Gasteiger partial charge on any atom is -0.478 e. The molecule has 0 atom stereocenters. The Hall–Kier alpha value is -3.80. The first-order chi connectivity index (χ1) is 13.4. The monoisotopic (exact) mass is 379 g/mol. The lowest BCUT2D eigenvalue weighted by Gasteiger charge is -2.09. The predicted octanol–water partition coefficient (Wildman–Crippen LogP) is 4.98. The van der Waals surface area contributed by atoms with Crippen molar-refractivity contribution >= 4 is 23.6 Å². The van der Waals surface area contributed by atoms with Crippen LogP contribution in [0.1, 0.15) is 15.9 Å². The second kappa shape index (κ2) is 8.26. The van der Waals surface area contributed by atoms with Gasteiger partial charge in [0.2, 0.25) is 0 Å². The number of carbonyl (C=O) groups excluding carboxylic acids is 1. The number of hydrogen-bond donors (Lipinski definition) is 2. The second-order valence-electron chi connectivity index (χ2n) is 5.95. The highest BCUT2D eigenvalue weighted by molar-refractivity contribution is 6.05. The van der Waals surface area contributed by atoms with E-state index in [2.05, 4.69) is 5.32 Å². The Labute approximate surface area is 159 Å². The molecule has 0 fully saturated rings. The van der Waals surface area contributed by atoms with Crippen LogP contribution in [0.25, 0.3) is 17.2 Å². The Kier molecular flexibility index (Phi) is 5.60. The highest BCUT2D eigenvalue weighted by atomic mass is 19.1. The van der Waals surface area contributed by atoms with Gasteiger partial charge in [-0.05, 0) is 59.2 Å². The van der Waals surface area contributed by atoms with Gasteiger partial charge in [-0.1, -0.05) is 30.3 Å². The number of carbonyl (C=O) groups is 2. The van der Waals surface area contributed by atoms with Crippen molar-refractivity contribution in [1.82, 2.24) is 0 Å².